The SMILES string of the molecule is FC(Cl)C(F)(F)Oc1[c]ccc(OC(F)(F)C(F)Cl)c1. The van der Waals surface area contributed by atoms with Crippen LogP contribution in [-0.4, -0.2) is 23.5 Å². The third-order valence-corrected chi connectivity index (χ3v) is 2.26. The van der Waals surface area contributed by atoms with Crippen LogP contribution in [0.2, 0.25) is 0 Å². The van der Waals surface area contributed by atoms with Gasteiger partial charge >= 0.3 is 12.2 Å². The number of hydrogen-bond acceptors (Lipinski definition) is 2. The summed E-state index contributed by atoms with van der Waals surface area (Å²) in [7, 11) is 0. The van der Waals surface area contributed by atoms with Gasteiger partial charge in [0.25, 0.3) is 11.3 Å². The summed E-state index contributed by atoms with van der Waals surface area (Å²) < 4.78 is 83.6. The molecule has 0 fully saturated rings. The average molecular weight is 342 g/mol. The van der Waals surface area contributed by atoms with Crippen molar-refractivity contribution in [3.8, 4) is 11.5 Å². The second-order valence-corrected chi connectivity index (χ2v) is 4.08. The molecule has 2 unspecified atom stereocenters. The van der Waals surface area contributed by atoms with Crippen LogP contribution in [-0.2, 0) is 0 Å². The Kier molecular flexibility index (Phi) is 5.26. The highest BCUT2D eigenvalue weighted by Crippen LogP contribution is 2.33. The zero-order chi connectivity index (χ0) is 15.6. The summed E-state index contributed by atoms with van der Waals surface area (Å²) in [4.78, 5) is 0. The van der Waals surface area contributed by atoms with Gasteiger partial charge in [0.15, 0.2) is 0 Å². The maximum Gasteiger partial charge on any atom is 0.444 e. The zero-order valence-corrected chi connectivity index (χ0v) is 10.7. The smallest absolute Gasteiger partial charge is 0.429 e. The van der Waals surface area contributed by atoms with Crippen molar-refractivity contribution in [1.29, 1.82) is 0 Å². The summed E-state index contributed by atoms with van der Waals surface area (Å²) >= 11 is 9.07. The molecule has 20 heavy (non-hydrogen) atoms. The molecule has 10 heteroatoms. The lowest BCUT2D eigenvalue weighted by atomic mass is 10.3. The van der Waals surface area contributed by atoms with Crippen LogP contribution in [0.25, 0.3) is 0 Å². The van der Waals surface area contributed by atoms with Gasteiger partial charge in [-0.15, -0.1) is 0 Å². The average Bonchev–Trinajstić information content (AvgIpc) is 2.27. The molecule has 2 nitrogen and oxygen atoms in total. The lowest BCUT2D eigenvalue weighted by Crippen LogP contribution is -2.33. The maximum atomic E-state index is 12.8. The van der Waals surface area contributed by atoms with Crippen LogP contribution in [0.4, 0.5) is 26.3 Å². The van der Waals surface area contributed by atoms with E-state index in [-0.39, 0.29) is 0 Å². The van der Waals surface area contributed by atoms with Gasteiger partial charge in [-0.1, -0.05) is 23.2 Å². The molecule has 0 aliphatic rings. The van der Waals surface area contributed by atoms with E-state index in [2.05, 4.69) is 38.7 Å². The van der Waals surface area contributed by atoms with Gasteiger partial charge in [-0.05, 0) is 12.1 Å². The largest absolute Gasteiger partial charge is 0.444 e. The van der Waals surface area contributed by atoms with Crippen LogP contribution >= 0.6 is 23.2 Å². The fourth-order valence-electron chi connectivity index (χ4n) is 0.940. The first-order chi connectivity index (χ1) is 9.04. The highest BCUT2D eigenvalue weighted by Gasteiger charge is 2.43. The Labute approximate surface area is 119 Å². The summed E-state index contributed by atoms with van der Waals surface area (Å²) in [5.41, 5.74) is -6.32. The van der Waals surface area contributed by atoms with Gasteiger partial charge in [0, 0.05) is 12.1 Å². The number of rotatable bonds is 6. The van der Waals surface area contributed by atoms with Crippen molar-refractivity contribution in [3.05, 3.63) is 24.3 Å². The van der Waals surface area contributed by atoms with E-state index in [0.29, 0.717) is 6.07 Å². The van der Waals surface area contributed by atoms with Gasteiger partial charge in [0.05, 0.1) is 0 Å². The molecule has 0 amide bonds. The van der Waals surface area contributed by atoms with Crippen molar-refractivity contribution in [2.24, 2.45) is 0 Å². The Balaban J connectivity index is 2.87. The number of alkyl halides is 8. The van der Waals surface area contributed by atoms with E-state index in [1.165, 1.54) is 0 Å². The topological polar surface area (TPSA) is 18.5 Å². The Morgan fingerprint density at radius 2 is 1.50 bits per heavy atom. The molecule has 0 saturated heterocycles. The molecule has 0 bridgehead atoms. The Morgan fingerprint density at radius 1 is 1.00 bits per heavy atom. The van der Waals surface area contributed by atoms with E-state index in [4.69, 9.17) is 0 Å². The molecule has 0 saturated carbocycles. The molecule has 1 rings (SSSR count). The van der Waals surface area contributed by atoms with Crippen LogP contribution in [0.15, 0.2) is 18.2 Å². The zero-order valence-electron chi connectivity index (χ0n) is 9.23. The second kappa shape index (κ2) is 6.17. The van der Waals surface area contributed by atoms with E-state index >= 15 is 0 Å². The van der Waals surface area contributed by atoms with Crippen molar-refractivity contribution in [3.63, 3.8) is 0 Å². The third-order valence-electron chi connectivity index (χ3n) is 1.75. The first-order valence-electron chi connectivity index (χ1n) is 4.76. The molecule has 0 aromatic heterocycles. The monoisotopic (exact) mass is 341 g/mol. The predicted molar refractivity (Wildman–Crippen MR) is 57.9 cm³/mol. The van der Waals surface area contributed by atoms with E-state index < -0.39 is 35.0 Å². The molecule has 2 atom stereocenters. The van der Waals surface area contributed by atoms with Gasteiger partial charge in [-0.3, -0.25) is 0 Å². The molecule has 1 radical (unpaired) electrons. The first-order valence-corrected chi connectivity index (χ1v) is 5.63. The lowest BCUT2D eigenvalue weighted by Gasteiger charge is -2.20. The van der Waals surface area contributed by atoms with E-state index in [1.807, 2.05) is 0 Å². The van der Waals surface area contributed by atoms with Crippen LogP contribution in [0.1, 0.15) is 0 Å². The summed E-state index contributed by atoms with van der Waals surface area (Å²) in [5.74, 6) is -1.58. The van der Waals surface area contributed by atoms with Gasteiger partial charge < -0.3 is 9.47 Å². The molecule has 1 aromatic carbocycles. The molecule has 0 aliphatic carbocycles. The van der Waals surface area contributed by atoms with Gasteiger partial charge in [-0.2, -0.15) is 17.6 Å². The summed E-state index contributed by atoms with van der Waals surface area (Å²) in [6, 6.07) is 4.28. The molecule has 113 valence electrons. The Hall–Kier alpha value is -1.02. The Morgan fingerprint density at radius 3 is 2.00 bits per heavy atom. The van der Waals surface area contributed by atoms with Crippen LogP contribution < -0.4 is 9.47 Å². The second-order valence-electron chi connectivity index (χ2n) is 3.32. The van der Waals surface area contributed by atoms with Gasteiger partial charge in [0.2, 0.25) is 0 Å². The quantitative estimate of drug-likeness (QED) is 0.560. The summed E-state index contributed by atoms with van der Waals surface area (Å²) in [6.07, 6.45) is -8.80. The Bertz CT molecular complexity index is 418. The molecule has 1 aromatic rings. The normalized spacial score (nSPS) is 15.6. The van der Waals surface area contributed by atoms with Crippen molar-refractivity contribution in [1.82, 2.24) is 0 Å². The highest BCUT2D eigenvalue weighted by atomic mass is 35.5. The van der Waals surface area contributed by atoms with E-state index in [9.17, 15) is 26.3 Å². The van der Waals surface area contributed by atoms with Crippen molar-refractivity contribution >= 4 is 23.2 Å². The number of benzene rings is 1. The number of halogens is 8. The molecule has 0 aliphatic heterocycles. The number of hydrogen-bond donors (Lipinski definition) is 0. The highest BCUT2D eigenvalue weighted by molar-refractivity contribution is 6.20. The molecule has 0 spiro atoms. The molecular formula is C10H5Cl2F6O2. The van der Waals surface area contributed by atoms with E-state index in [1.54, 1.807) is 0 Å². The fourth-order valence-corrected chi connectivity index (χ4v) is 1.03. The summed E-state index contributed by atoms with van der Waals surface area (Å²) in [6.45, 7) is 0. The van der Waals surface area contributed by atoms with Crippen LogP contribution in [0.3, 0.4) is 0 Å². The number of ether oxygens (including phenoxy) is 2. The third kappa shape index (κ3) is 4.52. The minimum atomic E-state index is -4.41. The van der Waals surface area contributed by atoms with Crippen molar-refractivity contribution in [2.75, 3.05) is 0 Å². The predicted octanol–water partition coefficient (Wildman–Crippen LogP) is 4.50. The lowest BCUT2D eigenvalue weighted by molar-refractivity contribution is -0.202. The van der Waals surface area contributed by atoms with Crippen LogP contribution in [0, 0.1) is 6.07 Å². The fraction of sp³-hybridized carbons (Fsp3) is 0.400. The van der Waals surface area contributed by atoms with Crippen molar-refractivity contribution in [2.45, 2.75) is 23.5 Å². The first kappa shape index (κ1) is 17.0. The van der Waals surface area contributed by atoms with Gasteiger partial charge in [0.1, 0.15) is 11.5 Å². The molecular weight excluding hydrogens is 337 g/mol. The minimum Gasteiger partial charge on any atom is -0.429 e. The van der Waals surface area contributed by atoms with E-state index in [0.717, 1.165) is 12.1 Å². The van der Waals surface area contributed by atoms with Gasteiger partial charge in [-0.25, -0.2) is 8.78 Å². The molecule has 0 heterocycles. The summed E-state index contributed by atoms with van der Waals surface area (Å²) in [5, 5.41) is 0. The standard InChI is InChI=1S/C10H5Cl2F6O2/c11-7(13)9(15,16)19-5-2-1-3-6(4-5)20-10(17,18)8(12)14/h1-2,4,7-8H. The van der Waals surface area contributed by atoms with Crippen molar-refractivity contribution < 1.29 is 35.8 Å². The minimum absolute atomic E-state index is 0.514. The van der Waals surface area contributed by atoms with Crippen LogP contribution in [0.5, 0.6) is 11.5 Å². The molecule has 0 N–H and O–H groups in total. The maximum absolute atomic E-state index is 12.8.